The first-order valence-corrected chi connectivity index (χ1v) is 7.96. The van der Waals surface area contributed by atoms with Gasteiger partial charge in [-0.05, 0) is 32.4 Å². The van der Waals surface area contributed by atoms with Crippen molar-refractivity contribution in [2.24, 2.45) is 0 Å². The van der Waals surface area contributed by atoms with Crippen molar-refractivity contribution in [3.8, 4) is 0 Å². The van der Waals surface area contributed by atoms with Gasteiger partial charge in [0.1, 0.15) is 5.82 Å². The van der Waals surface area contributed by atoms with Crippen LogP contribution in [0.15, 0.2) is 24.3 Å². The van der Waals surface area contributed by atoms with Gasteiger partial charge in [-0.1, -0.05) is 18.2 Å². The second kappa shape index (κ2) is 7.86. The molecule has 1 aromatic carbocycles. The number of carbonyl (C=O) groups excluding carboxylic acids is 1. The van der Waals surface area contributed by atoms with E-state index >= 15 is 0 Å². The summed E-state index contributed by atoms with van der Waals surface area (Å²) < 4.78 is 13.6. The average molecular weight is 324 g/mol. The maximum Gasteiger partial charge on any atom is 0.236 e. The minimum Gasteiger partial charge on any atom is -0.393 e. The quantitative estimate of drug-likeness (QED) is 0.848. The Morgan fingerprint density at radius 2 is 2.09 bits per heavy atom. The molecule has 2 rings (SSSR count). The molecule has 0 aliphatic carbocycles. The highest BCUT2D eigenvalue weighted by Crippen LogP contribution is 2.21. The topological polar surface area (TPSA) is 64.0 Å². The molecule has 1 atom stereocenters. The number of rotatable bonds is 5. The van der Waals surface area contributed by atoms with Crippen LogP contribution in [-0.2, 0) is 11.3 Å². The van der Waals surface area contributed by atoms with Crippen LogP contribution in [0.5, 0.6) is 0 Å². The minimum atomic E-state index is -1.08. The first-order valence-electron chi connectivity index (χ1n) is 7.96. The number of hydrogen-bond acceptors (Lipinski definition) is 4. The van der Waals surface area contributed by atoms with Crippen LogP contribution in [0.4, 0.5) is 4.39 Å². The Morgan fingerprint density at radius 3 is 2.78 bits per heavy atom. The minimum absolute atomic E-state index is 0.0361. The fraction of sp³-hybridized carbons (Fsp3) is 0.588. The van der Waals surface area contributed by atoms with Crippen LogP contribution < -0.4 is 0 Å². The van der Waals surface area contributed by atoms with Crippen molar-refractivity contribution in [3.05, 3.63) is 35.6 Å². The summed E-state index contributed by atoms with van der Waals surface area (Å²) >= 11 is 0. The monoisotopic (exact) mass is 324 g/mol. The number of hydrogen-bond donors (Lipinski definition) is 2. The van der Waals surface area contributed by atoms with Crippen LogP contribution >= 0.6 is 0 Å². The molecule has 0 aromatic heterocycles. The predicted octanol–water partition coefficient (Wildman–Crippen LogP) is 0.993. The number of likely N-dealkylation sites (tertiary alicyclic amines) is 1. The lowest BCUT2D eigenvalue weighted by atomic mass is 9.96. The Kier molecular flexibility index (Phi) is 6.10. The van der Waals surface area contributed by atoms with Gasteiger partial charge in [0, 0.05) is 25.2 Å². The van der Waals surface area contributed by atoms with Crippen LogP contribution in [0, 0.1) is 5.82 Å². The van der Waals surface area contributed by atoms with E-state index in [1.807, 2.05) is 0 Å². The van der Waals surface area contributed by atoms with Crippen LogP contribution in [0.25, 0.3) is 0 Å². The van der Waals surface area contributed by atoms with E-state index in [9.17, 15) is 19.4 Å². The van der Waals surface area contributed by atoms with Crippen LogP contribution in [0.2, 0.25) is 0 Å². The third-order valence-electron chi connectivity index (χ3n) is 4.37. The van der Waals surface area contributed by atoms with Gasteiger partial charge in [-0.25, -0.2) is 4.39 Å². The maximum absolute atomic E-state index is 13.6. The van der Waals surface area contributed by atoms with E-state index in [-0.39, 0.29) is 24.9 Å². The van der Waals surface area contributed by atoms with E-state index in [4.69, 9.17) is 0 Å². The lowest BCUT2D eigenvalue weighted by molar-refractivity contribution is -0.132. The van der Waals surface area contributed by atoms with Gasteiger partial charge in [-0.3, -0.25) is 9.69 Å². The molecule has 0 unspecified atom stereocenters. The molecule has 0 bridgehead atoms. The smallest absolute Gasteiger partial charge is 0.236 e. The summed E-state index contributed by atoms with van der Waals surface area (Å²) in [6.07, 6.45) is 1.55. The molecule has 1 aliphatic heterocycles. The SMILES string of the molecule is CN(CC(=O)N1CCC[C@@](O)(CO)CC1)Cc1ccccc1F. The summed E-state index contributed by atoms with van der Waals surface area (Å²) in [5.41, 5.74) is -0.512. The highest BCUT2D eigenvalue weighted by molar-refractivity contribution is 5.78. The Balaban J connectivity index is 1.87. The summed E-state index contributed by atoms with van der Waals surface area (Å²) in [5, 5.41) is 19.4. The Labute approximate surface area is 136 Å². The first kappa shape index (κ1) is 17.8. The van der Waals surface area contributed by atoms with E-state index in [0.717, 1.165) is 0 Å². The molecule has 0 saturated carbocycles. The molecule has 128 valence electrons. The van der Waals surface area contributed by atoms with Gasteiger partial charge in [-0.15, -0.1) is 0 Å². The fourth-order valence-corrected chi connectivity index (χ4v) is 2.89. The Bertz CT molecular complexity index is 540. The predicted molar refractivity (Wildman–Crippen MR) is 85.2 cm³/mol. The van der Waals surface area contributed by atoms with Crippen molar-refractivity contribution < 1.29 is 19.4 Å². The molecule has 2 N–H and O–H groups in total. The second-order valence-electron chi connectivity index (χ2n) is 6.38. The molecule has 0 spiro atoms. The fourth-order valence-electron chi connectivity index (χ4n) is 2.89. The van der Waals surface area contributed by atoms with E-state index in [0.29, 0.717) is 44.5 Å². The largest absolute Gasteiger partial charge is 0.393 e. The normalized spacial score (nSPS) is 22.2. The first-order chi connectivity index (χ1) is 10.9. The van der Waals surface area contributed by atoms with Crippen molar-refractivity contribution >= 4 is 5.91 Å². The summed E-state index contributed by atoms with van der Waals surface area (Å²) in [5.74, 6) is -0.305. The zero-order valence-electron chi connectivity index (χ0n) is 13.5. The van der Waals surface area contributed by atoms with Crippen LogP contribution in [0.3, 0.4) is 0 Å². The molecule has 1 amide bonds. The molecule has 1 aromatic rings. The van der Waals surface area contributed by atoms with Crippen molar-refractivity contribution in [2.75, 3.05) is 33.3 Å². The summed E-state index contributed by atoms with van der Waals surface area (Å²) in [4.78, 5) is 15.9. The van der Waals surface area contributed by atoms with Gasteiger partial charge < -0.3 is 15.1 Å². The molecule has 5 nitrogen and oxygen atoms in total. The molecule has 0 radical (unpaired) electrons. The van der Waals surface area contributed by atoms with E-state index in [1.54, 1.807) is 35.0 Å². The van der Waals surface area contributed by atoms with Gasteiger partial charge in [-0.2, -0.15) is 0 Å². The van der Waals surface area contributed by atoms with Crippen molar-refractivity contribution in [3.63, 3.8) is 0 Å². The van der Waals surface area contributed by atoms with Crippen molar-refractivity contribution in [1.29, 1.82) is 0 Å². The standard InChI is InChI=1S/C17H25FN2O3/c1-19(11-14-5-2-3-6-15(14)18)12-16(22)20-9-4-7-17(23,13-21)8-10-20/h2-3,5-6,21,23H,4,7-13H2,1H3/t17-/m0/s1. The summed E-state index contributed by atoms with van der Waals surface area (Å²) in [6.45, 7) is 1.30. The van der Waals surface area contributed by atoms with Crippen molar-refractivity contribution in [1.82, 2.24) is 9.80 Å². The number of amides is 1. The number of benzene rings is 1. The van der Waals surface area contributed by atoms with Gasteiger partial charge in [0.25, 0.3) is 0 Å². The highest BCUT2D eigenvalue weighted by Gasteiger charge is 2.30. The highest BCUT2D eigenvalue weighted by atomic mass is 19.1. The lowest BCUT2D eigenvalue weighted by Gasteiger charge is -2.26. The summed E-state index contributed by atoms with van der Waals surface area (Å²) in [6, 6.07) is 6.54. The molecule has 1 fully saturated rings. The number of halogens is 1. The zero-order valence-corrected chi connectivity index (χ0v) is 13.5. The molecule has 1 aliphatic rings. The number of carbonyl (C=O) groups is 1. The molecule has 1 heterocycles. The zero-order chi connectivity index (χ0) is 16.9. The van der Waals surface area contributed by atoms with Crippen molar-refractivity contribution in [2.45, 2.75) is 31.4 Å². The lowest BCUT2D eigenvalue weighted by Crippen LogP contribution is -2.40. The maximum atomic E-state index is 13.6. The average Bonchev–Trinajstić information content (AvgIpc) is 2.72. The Morgan fingerprint density at radius 1 is 1.35 bits per heavy atom. The third-order valence-corrected chi connectivity index (χ3v) is 4.37. The third kappa shape index (κ3) is 4.99. The summed E-state index contributed by atoms with van der Waals surface area (Å²) in [7, 11) is 1.78. The van der Waals surface area contributed by atoms with E-state index < -0.39 is 5.60 Å². The number of aliphatic hydroxyl groups is 2. The molecule has 23 heavy (non-hydrogen) atoms. The number of aliphatic hydroxyl groups excluding tert-OH is 1. The Hall–Kier alpha value is -1.50. The molecule has 1 saturated heterocycles. The molecular weight excluding hydrogens is 299 g/mol. The van der Waals surface area contributed by atoms with Gasteiger partial charge in [0.05, 0.1) is 18.8 Å². The van der Waals surface area contributed by atoms with Gasteiger partial charge >= 0.3 is 0 Å². The number of likely N-dealkylation sites (N-methyl/N-ethyl adjacent to an activating group) is 1. The van der Waals surface area contributed by atoms with Gasteiger partial charge in [0.2, 0.25) is 5.91 Å². The van der Waals surface area contributed by atoms with Crippen LogP contribution in [-0.4, -0.2) is 64.8 Å². The van der Waals surface area contributed by atoms with Crippen LogP contribution in [0.1, 0.15) is 24.8 Å². The van der Waals surface area contributed by atoms with E-state index in [2.05, 4.69) is 0 Å². The molecular formula is C17H25FN2O3. The van der Waals surface area contributed by atoms with Gasteiger partial charge in [0.15, 0.2) is 0 Å². The number of nitrogens with zero attached hydrogens (tertiary/aromatic N) is 2. The molecule has 6 heteroatoms. The van der Waals surface area contributed by atoms with E-state index in [1.165, 1.54) is 6.07 Å². The second-order valence-corrected chi connectivity index (χ2v) is 6.38.